The summed E-state index contributed by atoms with van der Waals surface area (Å²) in [5.74, 6) is -0.249. The summed E-state index contributed by atoms with van der Waals surface area (Å²) in [5, 5.41) is 8.56. The van der Waals surface area contributed by atoms with Crippen LogP contribution in [0.3, 0.4) is 0 Å². The van der Waals surface area contributed by atoms with Crippen LogP contribution in [0, 0.1) is 31.0 Å². The minimum Gasteiger partial charge on any atom is -0.207 e. The van der Waals surface area contributed by atoms with Crippen molar-refractivity contribution >= 4 is 0 Å². The van der Waals surface area contributed by atoms with Crippen molar-refractivity contribution in [2.45, 2.75) is 13.8 Å². The maximum atomic E-state index is 12.8. The van der Waals surface area contributed by atoms with Crippen LogP contribution in [0.15, 0.2) is 12.1 Å². The molecular formula is C9H8FN. The van der Waals surface area contributed by atoms with Gasteiger partial charge in [-0.25, -0.2) is 4.39 Å². The van der Waals surface area contributed by atoms with Crippen LogP contribution in [-0.4, -0.2) is 0 Å². The summed E-state index contributed by atoms with van der Waals surface area (Å²) in [7, 11) is 0. The van der Waals surface area contributed by atoms with Crippen molar-refractivity contribution in [1.29, 1.82) is 5.26 Å². The molecule has 0 heterocycles. The van der Waals surface area contributed by atoms with E-state index in [1.54, 1.807) is 19.9 Å². The second kappa shape index (κ2) is 2.71. The van der Waals surface area contributed by atoms with Gasteiger partial charge in [-0.15, -0.1) is 0 Å². The van der Waals surface area contributed by atoms with Crippen molar-refractivity contribution in [2.75, 3.05) is 0 Å². The summed E-state index contributed by atoms with van der Waals surface area (Å²) in [4.78, 5) is 0. The SMILES string of the molecule is Cc1cc(C#N)c(C)cc1F. The fourth-order valence-electron chi connectivity index (χ4n) is 0.901. The average molecular weight is 149 g/mol. The van der Waals surface area contributed by atoms with Crippen molar-refractivity contribution < 1.29 is 4.39 Å². The molecule has 56 valence electrons. The van der Waals surface area contributed by atoms with Gasteiger partial charge in [0.05, 0.1) is 11.6 Å². The van der Waals surface area contributed by atoms with Gasteiger partial charge < -0.3 is 0 Å². The third kappa shape index (κ3) is 1.38. The molecule has 0 unspecified atom stereocenters. The van der Waals surface area contributed by atoms with E-state index in [0.29, 0.717) is 16.7 Å². The Morgan fingerprint density at radius 1 is 1.27 bits per heavy atom. The highest BCUT2D eigenvalue weighted by Gasteiger charge is 2.01. The van der Waals surface area contributed by atoms with Crippen LogP contribution < -0.4 is 0 Å². The van der Waals surface area contributed by atoms with Gasteiger partial charge in [-0.05, 0) is 37.1 Å². The van der Waals surface area contributed by atoms with E-state index >= 15 is 0 Å². The molecule has 0 N–H and O–H groups in total. The zero-order valence-corrected chi connectivity index (χ0v) is 6.48. The van der Waals surface area contributed by atoms with Crippen LogP contribution in [0.1, 0.15) is 16.7 Å². The standard InChI is InChI=1S/C9H8FN/c1-6-4-9(10)7(2)3-8(6)5-11/h3-4H,1-2H3. The van der Waals surface area contributed by atoms with Crippen molar-refractivity contribution in [1.82, 2.24) is 0 Å². The van der Waals surface area contributed by atoms with Crippen molar-refractivity contribution in [2.24, 2.45) is 0 Å². The van der Waals surface area contributed by atoms with Crippen molar-refractivity contribution in [3.05, 3.63) is 34.6 Å². The summed E-state index contributed by atoms with van der Waals surface area (Å²) in [6.45, 7) is 3.37. The van der Waals surface area contributed by atoms with Crippen LogP contribution in [0.2, 0.25) is 0 Å². The number of hydrogen-bond acceptors (Lipinski definition) is 1. The lowest BCUT2D eigenvalue weighted by Gasteiger charge is -1.99. The first-order valence-electron chi connectivity index (χ1n) is 3.32. The smallest absolute Gasteiger partial charge is 0.126 e. The average Bonchev–Trinajstić information content (AvgIpc) is 1.97. The fourth-order valence-corrected chi connectivity index (χ4v) is 0.901. The Kier molecular flexibility index (Phi) is 1.91. The van der Waals surface area contributed by atoms with Gasteiger partial charge >= 0.3 is 0 Å². The highest BCUT2D eigenvalue weighted by Crippen LogP contribution is 2.13. The largest absolute Gasteiger partial charge is 0.207 e. The zero-order chi connectivity index (χ0) is 8.43. The first-order valence-corrected chi connectivity index (χ1v) is 3.32. The summed E-state index contributed by atoms with van der Waals surface area (Å²) < 4.78 is 12.8. The normalized spacial score (nSPS) is 9.27. The van der Waals surface area contributed by atoms with E-state index in [1.807, 2.05) is 6.07 Å². The molecule has 2 heteroatoms. The first-order chi connectivity index (χ1) is 5.15. The molecule has 0 saturated heterocycles. The molecule has 0 aliphatic rings. The Bertz CT molecular complexity index is 323. The molecule has 0 aliphatic carbocycles. The van der Waals surface area contributed by atoms with Crippen LogP contribution >= 0.6 is 0 Å². The van der Waals surface area contributed by atoms with Gasteiger partial charge in [0.15, 0.2) is 0 Å². The molecule has 0 spiro atoms. The van der Waals surface area contributed by atoms with E-state index in [9.17, 15) is 4.39 Å². The highest BCUT2D eigenvalue weighted by atomic mass is 19.1. The molecule has 1 aromatic carbocycles. The molecule has 0 amide bonds. The Balaban J connectivity index is 3.35. The fraction of sp³-hybridized carbons (Fsp3) is 0.222. The maximum absolute atomic E-state index is 12.8. The third-order valence-electron chi connectivity index (χ3n) is 1.63. The first kappa shape index (κ1) is 7.74. The number of rotatable bonds is 0. The topological polar surface area (TPSA) is 23.8 Å². The van der Waals surface area contributed by atoms with E-state index < -0.39 is 0 Å². The lowest BCUT2D eigenvalue weighted by atomic mass is 10.1. The molecule has 1 nitrogen and oxygen atoms in total. The molecule has 0 atom stereocenters. The van der Waals surface area contributed by atoms with Crippen molar-refractivity contribution in [3.8, 4) is 6.07 Å². The summed E-state index contributed by atoms with van der Waals surface area (Å²) in [6, 6.07) is 4.94. The molecular weight excluding hydrogens is 141 g/mol. The molecule has 0 saturated carbocycles. The van der Waals surface area contributed by atoms with Gasteiger partial charge in [-0.3, -0.25) is 0 Å². The number of nitrogens with zero attached hydrogens (tertiary/aromatic N) is 1. The Hall–Kier alpha value is -1.36. The van der Waals surface area contributed by atoms with E-state index in [2.05, 4.69) is 0 Å². The number of halogens is 1. The monoisotopic (exact) mass is 149 g/mol. The minimum absolute atomic E-state index is 0.249. The predicted octanol–water partition coefficient (Wildman–Crippen LogP) is 2.31. The van der Waals surface area contributed by atoms with Crippen LogP contribution in [0.5, 0.6) is 0 Å². The van der Waals surface area contributed by atoms with Gasteiger partial charge in [0.1, 0.15) is 5.82 Å². The molecule has 0 radical (unpaired) electrons. The maximum Gasteiger partial charge on any atom is 0.126 e. The van der Waals surface area contributed by atoms with Gasteiger partial charge in [0.25, 0.3) is 0 Å². The molecule has 0 aromatic heterocycles. The van der Waals surface area contributed by atoms with Crippen LogP contribution in [-0.2, 0) is 0 Å². The molecule has 1 aromatic rings. The second-order valence-electron chi connectivity index (χ2n) is 2.53. The van der Waals surface area contributed by atoms with E-state index in [1.165, 1.54) is 6.07 Å². The summed E-state index contributed by atoms with van der Waals surface area (Å²) in [6.07, 6.45) is 0. The van der Waals surface area contributed by atoms with E-state index in [-0.39, 0.29) is 5.82 Å². The summed E-state index contributed by atoms with van der Waals surface area (Å²) >= 11 is 0. The number of nitriles is 1. The van der Waals surface area contributed by atoms with Gasteiger partial charge in [0, 0.05) is 0 Å². The van der Waals surface area contributed by atoms with Crippen LogP contribution in [0.25, 0.3) is 0 Å². The second-order valence-corrected chi connectivity index (χ2v) is 2.53. The Labute approximate surface area is 65.1 Å². The number of hydrogen-bond donors (Lipinski definition) is 0. The lowest BCUT2D eigenvalue weighted by Crippen LogP contribution is -1.88. The molecule has 0 aliphatic heterocycles. The van der Waals surface area contributed by atoms with Gasteiger partial charge in [-0.2, -0.15) is 5.26 Å². The number of benzene rings is 1. The van der Waals surface area contributed by atoms with E-state index in [0.717, 1.165) is 0 Å². The quantitative estimate of drug-likeness (QED) is 0.555. The summed E-state index contributed by atoms with van der Waals surface area (Å²) in [5.41, 5.74) is 1.76. The molecule has 11 heavy (non-hydrogen) atoms. The Morgan fingerprint density at radius 3 is 2.45 bits per heavy atom. The van der Waals surface area contributed by atoms with Gasteiger partial charge in [-0.1, -0.05) is 0 Å². The predicted molar refractivity (Wildman–Crippen MR) is 40.6 cm³/mol. The third-order valence-corrected chi connectivity index (χ3v) is 1.63. The van der Waals surface area contributed by atoms with E-state index in [4.69, 9.17) is 5.26 Å². The van der Waals surface area contributed by atoms with Crippen molar-refractivity contribution in [3.63, 3.8) is 0 Å². The van der Waals surface area contributed by atoms with Crippen LogP contribution in [0.4, 0.5) is 4.39 Å². The molecule has 1 rings (SSSR count). The molecule has 0 fully saturated rings. The zero-order valence-electron chi connectivity index (χ0n) is 6.48. The lowest BCUT2D eigenvalue weighted by molar-refractivity contribution is 0.617. The number of aryl methyl sites for hydroxylation is 2. The molecule has 0 bridgehead atoms. The Morgan fingerprint density at radius 2 is 1.91 bits per heavy atom. The highest BCUT2D eigenvalue weighted by molar-refractivity contribution is 5.40. The van der Waals surface area contributed by atoms with Gasteiger partial charge in [0.2, 0.25) is 0 Å². The minimum atomic E-state index is -0.249.